The molecule has 0 radical (unpaired) electrons. The van der Waals surface area contributed by atoms with Crippen LogP contribution in [0.2, 0.25) is 0 Å². The van der Waals surface area contributed by atoms with Crippen LogP contribution in [0.4, 0.5) is 5.69 Å². The van der Waals surface area contributed by atoms with Crippen molar-refractivity contribution in [1.82, 2.24) is 14.0 Å². The molecule has 0 unspecified atom stereocenters. The smallest absolute Gasteiger partial charge is 0.244 e. The summed E-state index contributed by atoms with van der Waals surface area (Å²) in [7, 11) is -5.90. The van der Waals surface area contributed by atoms with Gasteiger partial charge in [-0.05, 0) is 43.8 Å². The Labute approximate surface area is 187 Å². The highest BCUT2D eigenvalue weighted by Gasteiger charge is 2.22. The minimum atomic E-state index is -3.64. The Morgan fingerprint density at radius 1 is 1.10 bits per heavy atom. The van der Waals surface area contributed by atoms with Crippen LogP contribution in [0.1, 0.15) is 19.4 Å². The van der Waals surface area contributed by atoms with E-state index in [0.29, 0.717) is 29.4 Å². The van der Waals surface area contributed by atoms with Crippen molar-refractivity contribution in [3.63, 3.8) is 0 Å². The van der Waals surface area contributed by atoms with Crippen LogP contribution in [0.5, 0.6) is 0 Å². The molecule has 170 valence electrons. The number of carbonyl (C=O) groups excluding carboxylic acids is 1. The molecule has 1 amide bonds. The zero-order valence-electron chi connectivity index (χ0n) is 17.7. The maximum absolute atomic E-state index is 12.5. The zero-order valence-corrected chi connectivity index (χ0v) is 20.2. The third kappa shape index (κ3) is 6.26. The first kappa shape index (κ1) is 25.3. The molecule has 0 saturated heterocycles. The number of hydrogen-bond acceptors (Lipinski definition) is 7. The van der Waals surface area contributed by atoms with Crippen molar-refractivity contribution >= 4 is 43.4 Å². The van der Waals surface area contributed by atoms with Gasteiger partial charge in [0.2, 0.25) is 26.0 Å². The second kappa shape index (κ2) is 10.6. The minimum Gasteiger partial charge on any atom is -0.325 e. The number of rotatable bonds is 10. The lowest BCUT2D eigenvalue weighted by molar-refractivity contribution is -0.113. The van der Waals surface area contributed by atoms with Gasteiger partial charge in [0.15, 0.2) is 0 Å². The van der Waals surface area contributed by atoms with Crippen LogP contribution in [0.3, 0.4) is 0 Å². The maximum atomic E-state index is 12.5. The van der Waals surface area contributed by atoms with Crippen molar-refractivity contribution in [2.45, 2.75) is 35.6 Å². The SMILES string of the molecule is CCN(CC)S(=O)(=O)c1ccc(SCC(=O)Nc2ccc(C)c(S(=O)(=O)NC)c2)nc1. The van der Waals surface area contributed by atoms with E-state index in [0.717, 1.165) is 11.8 Å². The van der Waals surface area contributed by atoms with Gasteiger partial charge in [-0.3, -0.25) is 4.79 Å². The molecule has 2 aromatic rings. The summed E-state index contributed by atoms with van der Waals surface area (Å²) in [5.41, 5.74) is 0.921. The summed E-state index contributed by atoms with van der Waals surface area (Å²) in [4.78, 5) is 16.6. The van der Waals surface area contributed by atoms with Gasteiger partial charge in [-0.25, -0.2) is 26.5 Å². The molecule has 0 aliphatic rings. The van der Waals surface area contributed by atoms with E-state index in [-0.39, 0.29) is 21.5 Å². The lowest BCUT2D eigenvalue weighted by atomic mass is 10.2. The number of amides is 1. The summed E-state index contributed by atoms with van der Waals surface area (Å²) >= 11 is 1.14. The lowest BCUT2D eigenvalue weighted by Gasteiger charge is -2.18. The molecule has 2 N–H and O–H groups in total. The van der Waals surface area contributed by atoms with Crippen LogP contribution < -0.4 is 10.0 Å². The lowest BCUT2D eigenvalue weighted by Crippen LogP contribution is -2.30. The number of carbonyl (C=O) groups is 1. The fraction of sp³-hybridized carbons (Fsp3) is 0.368. The van der Waals surface area contributed by atoms with Crippen LogP contribution in [0.15, 0.2) is 51.3 Å². The monoisotopic (exact) mass is 486 g/mol. The maximum Gasteiger partial charge on any atom is 0.244 e. The largest absolute Gasteiger partial charge is 0.325 e. The van der Waals surface area contributed by atoms with Crippen molar-refractivity contribution in [2.75, 3.05) is 31.2 Å². The summed E-state index contributed by atoms with van der Waals surface area (Å²) in [5, 5.41) is 3.16. The first-order valence-corrected chi connectivity index (χ1v) is 13.4. The van der Waals surface area contributed by atoms with Crippen molar-refractivity contribution in [2.24, 2.45) is 0 Å². The molecule has 1 aromatic carbocycles. The van der Waals surface area contributed by atoms with Gasteiger partial charge in [0.05, 0.1) is 15.7 Å². The van der Waals surface area contributed by atoms with Crippen molar-refractivity contribution in [1.29, 1.82) is 0 Å². The molecule has 0 bridgehead atoms. The Morgan fingerprint density at radius 2 is 1.77 bits per heavy atom. The van der Waals surface area contributed by atoms with Gasteiger partial charge in [-0.1, -0.05) is 31.7 Å². The van der Waals surface area contributed by atoms with E-state index < -0.39 is 20.0 Å². The molecule has 9 nitrogen and oxygen atoms in total. The fourth-order valence-corrected chi connectivity index (χ4v) is 5.77. The van der Waals surface area contributed by atoms with E-state index in [2.05, 4.69) is 15.0 Å². The van der Waals surface area contributed by atoms with Crippen molar-refractivity contribution in [3.05, 3.63) is 42.1 Å². The summed E-state index contributed by atoms with van der Waals surface area (Å²) < 4.78 is 52.7. The molecule has 0 fully saturated rings. The first-order chi connectivity index (χ1) is 14.5. The number of aromatic nitrogens is 1. The van der Waals surface area contributed by atoms with Gasteiger partial charge in [0.25, 0.3) is 0 Å². The van der Waals surface area contributed by atoms with Crippen molar-refractivity contribution in [3.8, 4) is 0 Å². The molecule has 0 spiro atoms. The first-order valence-electron chi connectivity index (χ1n) is 9.48. The molecular formula is C19H26N4O5S3. The molecule has 1 aromatic heterocycles. The van der Waals surface area contributed by atoms with E-state index in [1.54, 1.807) is 39.0 Å². The van der Waals surface area contributed by atoms with Crippen LogP contribution in [-0.4, -0.2) is 57.9 Å². The van der Waals surface area contributed by atoms with Crippen LogP contribution in [-0.2, 0) is 24.8 Å². The molecule has 12 heteroatoms. The Morgan fingerprint density at radius 3 is 2.32 bits per heavy atom. The van der Waals surface area contributed by atoms with Gasteiger partial charge in [0, 0.05) is 25.0 Å². The van der Waals surface area contributed by atoms with E-state index in [9.17, 15) is 21.6 Å². The Bertz CT molecular complexity index is 1130. The number of sulfonamides is 2. The Balaban J connectivity index is 2.03. The average molecular weight is 487 g/mol. The van der Waals surface area contributed by atoms with Crippen LogP contribution in [0, 0.1) is 6.92 Å². The highest BCUT2D eigenvalue weighted by Crippen LogP contribution is 2.22. The Kier molecular flexibility index (Phi) is 8.60. The van der Waals surface area contributed by atoms with Gasteiger partial charge in [-0.15, -0.1) is 0 Å². The third-order valence-corrected chi connectivity index (χ3v) is 8.97. The average Bonchev–Trinajstić information content (AvgIpc) is 2.74. The quantitative estimate of drug-likeness (QED) is 0.492. The number of aryl methyl sites for hydroxylation is 1. The molecule has 1 heterocycles. The highest BCUT2D eigenvalue weighted by molar-refractivity contribution is 7.99. The van der Waals surface area contributed by atoms with Gasteiger partial charge in [0.1, 0.15) is 4.90 Å². The second-order valence-corrected chi connectivity index (χ2v) is 11.2. The molecule has 0 aliphatic carbocycles. The van der Waals surface area contributed by atoms with E-state index in [4.69, 9.17) is 0 Å². The van der Waals surface area contributed by atoms with Crippen LogP contribution in [0.25, 0.3) is 0 Å². The van der Waals surface area contributed by atoms with E-state index in [1.807, 2.05) is 0 Å². The molecule has 0 aliphatic heterocycles. The number of pyridine rings is 1. The number of hydrogen-bond donors (Lipinski definition) is 2. The van der Waals surface area contributed by atoms with Gasteiger partial charge >= 0.3 is 0 Å². The van der Waals surface area contributed by atoms with Crippen LogP contribution >= 0.6 is 11.8 Å². The molecule has 2 rings (SSSR count). The fourth-order valence-electron chi connectivity index (χ4n) is 2.73. The van der Waals surface area contributed by atoms with E-state index >= 15 is 0 Å². The summed E-state index contributed by atoms with van der Waals surface area (Å²) in [5.74, 6) is -0.319. The zero-order chi connectivity index (χ0) is 23.2. The predicted octanol–water partition coefficient (Wildman–Crippen LogP) is 2.06. The molecule has 0 atom stereocenters. The van der Waals surface area contributed by atoms with Gasteiger partial charge < -0.3 is 5.32 Å². The molecule has 31 heavy (non-hydrogen) atoms. The topological polar surface area (TPSA) is 126 Å². The summed E-state index contributed by atoms with van der Waals surface area (Å²) in [6, 6.07) is 7.66. The molecular weight excluding hydrogens is 460 g/mol. The number of thioether (sulfide) groups is 1. The Hall–Kier alpha value is -1.99. The van der Waals surface area contributed by atoms with E-state index in [1.165, 1.54) is 29.7 Å². The molecule has 0 saturated carbocycles. The minimum absolute atomic E-state index is 0.0249. The number of benzene rings is 1. The normalized spacial score (nSPS) is 12.2. The van der Waals surface area contributed by atoms with Gasteiger partial charge in [-0.2, -0.15) is 4.31 Å². The third-order valence-electron chi connectivity index (χ3n) is 4.43. The standard InChI is InChI=1S/C19H26N4O5S3/c1-5-23(6-2)31(27,28)16-9-10-19(21-12-16)29-13-18(24)22-15-8-7-14(3)17(11-15)30(25,26)20-4/h7-12,20H,5-6,13H2,1-4H3,(H,22,24). The number of nitrogens with zero attached hydrogens (tertiary/aromatic N) is 2. The number of anilines is 1. The predicted molar refractivity (Wildman–Crippen MR) is 121 cm³/mol. The second-order valence-electron chi connectivity index (χ2n) is 6.45. The summed E-state index contributed by atoms with van der Waals surface area (Å²) in [6.45, 7) is 5.93. The summed E-state index contributed by atoms with van der Waals surface area (Å²) in [6.07, 6.45) is 1.28. The van der Waals surface area contributed by atoms with Crippen molar-refractivity contribution < 1.29 is 21.6 Å². The highest BCUT2D eigenvalue weighted by atomic mass is 32.2. The number of nitrogens with one attached hydrogen (secondary N) is 2.